The average molecular weight is 283 g/mol. The summed E-state index contributed by atoms with van der Waals surface area (Å²) < 4.78 is 5.53. The van der Waals surface area contributed by atoms with Crippen LogP contribution in [-0.2, 0) is 4.74 Å². The zero-order valence-electron chi connectivity index (χ0n) is 11.6. The Morgan fingerprint density at radius 1 is 1.63 bits per heavy atom. The van der Waals surface area contributed by atoms with Crippen molar-refractivity contribution in [2.75, 3.05) is 38.3 Å². The van der Waals surface area contributed by atoms with Gasteiger partial charge in [0.25, 0.3) is 5.91 Å². The maximum absolute atomic E-state index is 11.9. The molecule has 1 fully saturated rings. The molecule has 0 radical (unpaired) electrons. The molecule has 1 aliphatic heterocycles. The molecule has 0 spiro atoms. The lowest BCUT2D eigenvalue weighted by Gasteiger charge is -2.14. The van der Waals surface area contributed by atoms with E-state index in [1.165, 1.54) is 11.3 Å². The van der Waals surface area contributed by atoms with E-state index in [2.05, 4.69) is 12.2 Å². The highest BCUT2D eigenvalue weighted by Crippen LogP contribution is 2.31. The average Bonchev–Trinajstić information content (AvgIpc) is 2.92. The molecule has 3 N–H and O–H groups in total. The smallest absolute Gasteiger partial charge is 0.265 e. The second-order valence-corrected chi connectivity index (χ2v) is 6.15. The summed E-state index contributed by atoms with van der Waals surface area (Å²) in [5, 5.41) is 4.31. The maximum Gasteiger partial charge on any atom is 0.265 e. The molecule has 2 unspecified atom stereocenters. The Bertz CT molecular complexity index is 459. The molecule has 1 amide bonds. The minimum atomic E-state index is -0.0480. The molecule has 1 aromatic heterocycles. The Balaban J connectivity index is 1.98. The van der Waals surface area contributed by atoms with E-state index in [1.54, 1.807) is 19.0 Å². The number of nitrogens with zero attached hydrogens (tertiary/aromatic N) is 1. The SMILES string of the molecule is CC1OCCC1CNc1cc(N)c(C(=O)N(C)C)s1. The van der Waals surface area contributed by atoms with Gasteiger partial charge < -0.3 is 20.7 Å². The van der Waals surface area contributed by atoms with Gasteiger partial charge in [-0.3, -0.25) is 4.79 Å². The third-order valence-electron chi connectivity index (χ3n) is 3.43. The summed E-state index contributed by atoms with van der Waals surface area (Å²) in [5.41, 5.74) is 6.43. The molecule has 0 saturated carbocycles. The Kier molecular flexibility index (Phi) is 4.31. The van der Waals surface area contributed by atoms with E-state index in [-0.39, 0.29) is 5.91 Å². The molecule has 106 valence electrons. The van der Waals surface area contributed by atoms with Crippen LogP contribution in [0.3, 0.4) is 0 Å². The van der Waals surface area contributed by atoms with E-state index >= 15 is 0 Å². The predicted octanol–water partition coefficient (Wildman–Crippen LogP) is 1.87. The zero-order chi connectivity index (χ0) is 14.0. The van der Waals surface area contributed by atoms with Gasteiger partial charge in [-0.2, -0.15) is 0 Å². The van der Waals surface area contributed by atoms with Gasteiger partial charge in [0.2, 0.25) is 0 Å². The molecule has 5 nitrogen and oxygen atoms in total. The van der Waals surface area contributed by atoms with Gasteiger partial charge in [0.1, 0.15) is 4.88 Å². The fraction of sp³-hybridized carbons (Fsp3) is 0.615. The molecular weight excluding hydrogens is 262 g/mol. The maximum atomic E-state index is 11.9. The van der Waals surface area contributed by atoms with E-state index in [1.807, 2.05) is 6.07 Å². The van der Waals surface area contributed by atoms with Gasteiger partial charge in [0.15, 0.2) is 0 Å². The van der Waals surface area contributed by atoms with E-state index in [9.17, 15) is 4.79 Å². The summed E-state index contributed by atoms with van der Waals surface area (Å²) in [7, 11) is 3.46. The van der Waals surface area contributed by atoms with Crippen LogP contribution in [0.25, 0.3) is 0 Å². The number of carbonyl (C=O) groups is 1. The number of nitrogens with two attached hydrogens (primary N) is 1. The van der Waals surface area contributed by atoms with Crippen molar-refractivity contribution in [3.05, 3.63) is 10.9 Å². The van der Waals surface area contributed by atoms with Crippen molar-refractivity contribution < 1.29 is 9.53 Å². The van der Waals surface area contributed by atoms with Crippen LogP contribution in [0, 0.1) is 5.92 Å². The lowest BCUT2D eigenvalue weighted by Crippen LogP contribution is -2.21. The first kappa shape index (κ1) is 14.1. The standard InChI is InChI=1S/C13H21N3O2S/c1-8-9(4-5-18-8)7-15-11-6-10(14)12(19-11)13(17)16(2)3/h6,8-9,15H,4-5,7,14H2,1-3H3. The summed E-state index contributed by atoms with van der Waals surface area (Å²) in [6.07, 6.45) is 1.38. The Morgan fingerprint density at radius 2 is 2.37 bits per heavy atom. The van der Waals surface area contributed by atoms with Crippen molar-refractivity contribution in [1.29, 1.82) is 0 Å². The fourth-order valence-electron chi connectivity index (χ4n) is 2.14. The van der Waals surface area contributed by atoms with Crippen LogP contribution in [0.15, 0.2) is 6.07 Å². The molecule has 2 heterocycles. The lowest BCUT2D eigenvalue weighted by molar-refractivity contribution is 0.0833. The molecule has 0 aliphatic carbocycles. The number of anilines is 2. The highest BCUT2D eigenvalue weighted by molar-refractivity contribution is 7.18. The van der Waals surface area contributed by atoms with Gasteiger partial charge in [-0.05, 0) is 19.4 Å². The number of hydrogen-bond acceptors (Lipinski definition) is 5. The number of rotatable bonds is 4. The third-order valence-corrected chi connectivity index (χ3v) is 4.53. The molecule has 1 saturated heterocycles. The molecular formula is C13H21N3O2S. The van der Waals surface area contributed by atoms with Crippen molar-refractivity contribution in [2.45, 2.75) is 19.4 Å². The summed E-state index contributed by atoms with van der Waals surface area (Å²) in [6, 6.07) is 1.84. The minimum Gasteiger partial charge on any atom is -0.397 e. The summed E-state index contributed by atoms with van der Waals surface area (Å²) in [5.74, 6) is 0.476. The van der Waals surface area contributed by atoms with Gasteiger partial charge in [0, 0.05) is 33.2 Å². The van der Waals surface area contributed by atoms with Crippen LogP contribution in [-0.4, -0.2) is 44.2 Å². The van der Waals surface area contributed by atoms with E-state index < -0.39 is 0 Å². The molecule has 2 atom stereocenters. The van der Waals surface area contributed by atoms with Gasteiger partial charge in [-0.1, -0.05) is 0 Å². The zero-order valence-corrected chi connectivity index (χ0v) is 12.4. The monoisotopic (exact) mass is 283 g/mol. The first-order valence-electron chi connectivity index (χ1n) is 6.45. The van der Waals surface area contributed by atoms with Crippen molar-refractivity contribution >= 4 is 27.9 Å². The number of nitrogen functional groups attached to an aromatic ring is 1. The summed E-state index contributed by atoms with van der Waals surface area (Å²) in [6.45, 7) is 3.80. The minimum absolute atomic E-state index is 0.0480. The lowest BCUT2D eigenvalue weighted by atomic mass is 10.0. The van der Waals surface area contributed by atoms with Crippen molar-refractivity contribution in [1.82, 2.24) is 4.90 Å². The number of hydrogen-bond donors (Lipinski definition) is 2. The highest BCUT2D eigenvalue weighted by Gasteiger charge is 2.24. The third kappa shape index (κ3) is 3.19. The van der Waals surface area contributed by atoms with Crippen molar-refractivity contribution in [3.8, 4) is 0 Å². The Labute approximate surface area is 117 Å². The van der Waals surface area contributed by atoms with Gasteiger partial charge in [-0.25, -0.2) is 0 Å². The molecule has 1 aliphatic rings. The van der Waals surface area contributed by atoms with Gasteiger partial charge in [0.05, 0.1) is 16.8 Å². The van der Waals surface area contributed by atoms with Crippen LogP contribution < -0.4 is 11.1 Å². The number of nitrogens with one attached hydrogen (secondary N) is 1. The molecule has 19 heavy (non-hydrogen) atoms. The molecule has 6 heteroatoms. The van der Waals surface area contributed by atoms with E-state index in [0.717, 1.165) is 24.6 Å². The van der Waals surface area contributed by atoms with Crippen LogP contribution >= 0.6 is 11.3 Å². The Hall–Kier alpha value is -1.27. The normalized spacial score (nSPS) is 22.5. The quantitative estimate of drug-likeness (QED) is 0.885. The largest absolute Gasteiger partial charge is 0.397 e. The summed E-state index contributed by atoms with van der Waals surface area (Å²) >= 11 is 1.41. The number of thiophene rings is 1. The van der Waals surface area contributed by atoms with Gasteiger partial charge in [-0.15, -0.1) is 11.3 Å². The summed E-state index contributed by atoms with van der Waals surface area (Å²) in [4.78, 5) is 14.0. The van der Waals surface area contributed by atoms with Crippen molar-refractivity contribution in [3.63, 3.8) is 0 Å². The fourth-order valence-corrected chi connectivity index (χ4v) is 3.15. The number of carbonyl (C=O) groups excluding carboxylic acids is 1. The van der Waals surface area contributed by atoms with E-state index in [0.29, 0.717) is 22.6 Å². The Morgan fingerprint density at radius 3 is 2.95 bits per heavy atom. The topological polar surface area (TPSA) is 67.6 Å². The molecule has 2 rings (SSSR count). The number of ether oxygens (including phenoxy) is 1. The predicted molar refractivity (Wildman–Crippen MR) is 78.8 cm³/mol. The highest BCUT2D eigenvalue weighted by atomic mass is 32.1. The van der Waals surface area contributed by atoms with Crippen LogP contribution in [0.4, 0.5) is 10.7 Å². The first-order chi connectivity index (χ1) is 8.99. The van der Waals surface area contributed by atoms with E-state index in [4.69, 9.17) is 10.5 Å². The van der Waals surface area contributed by atoms with Crippen LogP contribution in [0.5, 0.6) is 0 Å². The van der Waals surface area contributed by atoms with Crippen LogP contribution in [0.1, 0.15) is 23.0 Å². The van der Waals surface area contributed by atoms with Crippen LogP contribution in [0.2, 0.25) is 0 Å². The molecule has 0 bridgehead atoms. The second-order valence-electron chi connectivity index (χ2n) is 5.10. The van der Waals surface area contributed by atoms with Crippen molar-refractivity contribution in [2.24, 2.45) is 5.92 Å². The number of amides is 1. The first-order valence-corrected chi connectivity index (χ1v) is 7.27. The second kappa shape index (κ2) is 5.79. The molecule has 1 aromatic rings. The molecule has 0 aromatic carbocycles. The van der Waals surface area contributed by atoms with Gasteiger partial charge >= 0.3 is 0 Å².